The number of carboxylic acids is 1. The fourth-order valence-electron chi connectivity index (χ4n) is 0.789. The summed E-state index contributed by atoms with van der Waals surface area (Å²) in [5, 5.41) is 8.86. The van der Waals surface area contributed by atoms with E-state index in [-0.39, 0.29) is 0 Å². The van der Waals surface area contributed by atoms with Crippen molar-refractivity contribution >= 4 is 17.7 Å². The Labute approximate surface area is 86.3 Å². The lowest BCUT2D eigenvalue weighted by Gasteiger charge is -2.05. The summed E-state index contributed by atoms with van der Waals surface area (Å²) < 4.78 is 4.93. The van der Waals surface area contributed by atoms with Gasteiger partial charge in [-0.15, -0.1) is 0 Å². The molecule has 0 saturated carbocycles. The third-order valence-corrected chi connectivity index (χ3v) is 2.63. The van der Waals surface area contributed by atoms with E-state index in [1.807, 2.05) is 0 Å². The van der Waals surface area contributed by atoms with Crippen LogP contribution in [0.5, 0.6) is 5.75 Å². The highest BCUT2D eigenvalue weighted by Gasteiger charge is 2.12. The molecule has 1 rings (SSSR count). The van der Waals surface area contributed by atoms with E-state index in [9.17, 15) is 4.79 Å². The molecule has 0 spiro atoms. The van der Waals surface area contributed by atoms with Crippen LogP contribution in [-0.4, -0.2) is 28.4 Å². The van der Waals surface area contributed by atoms with Gasteiger partial charge in [0, 0.05) is 0 Å². The Morgan fingerprint density at radius 2 is 2.36 bits per heavy atom. The maximum Gasteiger partial charge on any atom is 0.316 e. The molecule has 0 radical (unpaired) electrons. The van der Waals surface area contributed by atoms with Crippen molar-refractivity contribution < 1.29 is 14.6 Å². The van der Waals surface area contributed by atoms with Crippen molar-refractivity contribution in [2.24, 2.45) is 0 Å². The number of pyridine rings is 1. The van der Waals surface area contributed by atoms with Gasteiger partial charge in [0.25, 0.3) is 0 Å². The Balaban J connectivity index is 2.64. The van der Waals surface area contributed by atoms with Crippen LogP contribution in [0.4, 0.5) is 0 Å². The van der Waals surface area contributed by atoms with Gasteiger partial charge in [-0.2, -0.15) is 0 Å². The number of nitrogens with zero attached hydrogens (tertiary/aromatic N) is 1. The molecule has 14 heavy (non-hydrogen) atoms. The normalized spacial score (nSPS) is 12.1. The fraction of sp³-hybridized carbons (Fsp3) is 0.333. The van der Waals surface area contributed by atoms with Gasteiger partial charge < -0.3 is 9.84 Å². The standard InChI is InChI=1S/C9H11NO3S/c1-6(9(11)12)14-8-4-3-7(13-2)5-10-8/h3-6H,1-2H3,(H,11,12). The SMILES string of the molecule is COc1ccc(SC(C)C(=O)O)nc1. The third kappa shape index (κ3) is 2.92. The highest BCUT2D eigenvalue weighted by molar-refractivity contribution is 8.00. The average molecular weight is 213 g/mol. The second-order valence-corrected chi connectivity index (χ2v) is 4.00. The van der Waals surface area contributed by atoms with Crippen LogP contribution in [0.3, 0.4) is 0 Å². The number of hydrogen-bond donors (Lipinski definition) is 1. The minimum atomic E-state index is -0.840. The zero-order valence-corrected chi connectivity index (χ0v) is 8.75. The van der Waals surface area contributed by atoms with Crippen LogP contribution in [0, 0.1) is 0 Å². The molecule has 0 aliphatic heterocycles. The molecule has 0 saturated heterocycles. The molecule has 1 aromatic rings. The van der Waals surface area contributed by atoms with Gasteiger partial charge in [-0.3, -0.25) is 4.79 Å². The van der Waals surface area contributed by atoms with Crippen molar-refractivity contribution in [1.29, 1.82) is 0 Å². The molecule has 0 aromatic carbocycles. The lowest BCUT2D eigenvalue weighted by atomic mass is 10.5. The highest BCUT2D eigenvalue weighted by atomic mass is 32.2. The molecule has 1 N–H and O–H groups in total. The Morgan fingerprint density at radius 3 is 2.79 bits per heavy atom. The summed E-state index contributed by atoms with van der Waals surface area (Å²) in [5.74, 6) is -0.176. The molecule has 0 aliphatic rings. The van der Waals surface area contributed by atoms with E-state index in [1.165, 1.54) is 11.8 Å². The van der Waals surface area contributed by atoms with E-state index in [0.29, 0.717) is 10.8 Å². The lowest BCUT2D eigenvalue weighted by molar-refractivity contribution is -0.136. The zero-order valence-electron chi connectivity index (χ0n) is 7.93. The first kappa shape index (κ1) is 10.8. The molecule has 1 atom stereocenters. The van der Waals surface area contributed by atoms with E-state index >= 15 is 0 Å². The number of aromatic nitrogens is 1. The molecule has 1 aromatic heterocycles. The van der Waals surface area contributed by atoms with Crippen molar-refractivity contribution in [3.8, 4) is 5.75 Å². The molecule has 76 valence electrons. The van der Waals surface area contributed by atoms with E-state index in [1.54, 1.807) is 32.4 Å². The van der Waals surface area contributed by atoms with E-state index in [4.69, 9.17) is 9.84 Å². The molecule has 0 fully saturated rings. The number of hydrogen-bond acceptors (Lipinski definition) is 4. The minimum Gasteiger partial charge on any atom is -0.495 e. The van der Waals surface area contributed by atoms with Gasteiger partial charge in [-0.1, -0.05) is 11.8 Å². The zero-order chi connectivity index (χ0) is 10.6. The first-order chi connectivity index (χ1) is 6.63. The van der Waals surface area contributed by atoms with Crippen molar-refractivity contribution in [3.05, 3.63) is 18.3 Å². The number of carbonyl (C=O) groups is 1. The van der Waals surface area contributed by atoms with Gasteiger partial charge in [0.05, 0.1) is 18.3 Å². The topological polar surface area (TPSA) is 59.4 Å². The van der Waals surface area contributed by atoms with Crippen LogP contribution in [0.15, 0.2) is 23.4 Å². The first-order valence-electron chi connectivity index (χ1n) is 4.03. The molecule has 1 unspecified atom stereocenters. The lowest BCUT2D eigenvalue weighted by Crippen LogP contribution is -2.11. The van der Waals surface area contributed by atoms with E-state index in [2.05, 4.69) is 4.98 Å². The maximum atomic E-state index is 10.6. The van der Waals surface area contributed by atoms with Gasteiger partial charge in [-0.05, 0) is 19.1 Å². The van der Waals surface area contributed by atoms with Crippen molar-refractivity contribution in [1.82, 2.24) is 4.98 Å². The van der Waals surface area contributed by atoms with Crippen LogP contribution < -0.4 is 4.74 Å². The molecule has 0 amide bonds. The predicted octanol–water partition coefficient (Wildman–Crippen LogP) is 1.66. The maximum absolute atomic E-state index is 10.6. The summed E-state index contributed by atoms with van der Waals surface area (Å²) in [4.78, 5) is 14.6. The Bertz CT molecular complexity index is 312. The second kappa shape index (κ2) is 4.85. The monoisotopic (exact) mass is 213 g/mol. The number of carboxylic acid groups (broad SMARTS) is 1. The van der Waals surface area contributed by atoms with Gasteiger partial charge in [0.2, 0.25) is 0 Å². The molecule has 0 aliphatic carbocycles. The van der Waals surface area contributed by atoms with Crippen molar-refractivity contribution in [2.45, 2.75) is 17.2 Å². The highest BCUT2D eigenvalue weighted by Crippen LogP contribution is 2.22. The van der Waals surface area contributed by atoms with Crippen LogP contribution in [0.2, 0.25) is 0 Å². The second-order valence-electron chi connectivity index (χ2n) is 2.63. The molecule has 5 heteroatoms. The summed E-state index contributed by atoms with van der Waals surface area (Å²) in [6.45, 7) is 1.62. The third-order valence-electron chi connectivity index (χ3n) is 1.59. The van der Waals surface area contributed by atoms with Gasteiger partial charge >= 0.3 is 5.97 Å². The largest absolute Gasteiger partial charge is 0.495 e. The summed E-state index contributed by atoms with van der Waals surface area (Å²) in [6, 6.07) is 3.49. The molecular weight excluding hydrogens is 202 g/mol. The predicted molar refractivity (Wildman–Crippen MR) is 53.7 cm³/mol. The number of rotatable bonds is 4. The quantitative estimate of drug-likeness (QED) is 0.771. The number of thioether (sulfide) groups is 1. The van der Waals surface area contributed by atoms with E-state index < -0.39 is 11.2 Å². The Kier molecular flexibility index (Phi) is 3.76. The summed E-state index contributed by atoms with van der Waals surface area (Å²) >= 11 is 1.20. The number of methoxy groups -OCH3 is 1. The average Bonchev–Trinajstić information content (AvgIpc) is 2.19. The minimum absolute atomic E-state index is 0.490. The van der Waals surface area contributed by atoms with Crippen molar-refractivity contribution in [2.75, 3.05) is 7.11 Å². The van der Waals surface area contributed by atoms with Crippen LogP contribution in [0.1, 0.15) is 6.92 Å². The smallest absolute Gasteiger partial charge is 0.316 e. The Hall–Kier alpha value is -1.23. The molecule has 4 nitrogen and oxygen atoms in total. The molecular formula is C9H11NO3S. The summed E-state index contributed by atoms with van der Waals surface area (Å²) in [6.07, 6.45) is 1.57. The fourth-order valence-corrected chi connectivity index (χ4v) is 1.51. The first-order valence-corrected chi connectivity index (χ1v) is 4.91. The van der Waals surface area contributed by atoms with Crippen LogP contribution in [0.25, 0.3) is 0 Å². The molecule has 0 bridgehead atoms. The Morgan fingerprint density at radius 1 is 1.64 bits per heavy atom. The number of ether oxygens (including phenoxy) is 1. The van der Waals surface area contributed by atoms with Crippen LogP contribution in [-0.2, 0) is 4.79 Å². The number of aliphatic carboxylic acids is 1. The van der Waals surface area contributed by atoms with Crippen LogP contribution >= 0.6 is 11.8 Å². The van der Waals surface area contributed by atoms with Gasteiger partial charge in [-0.25, -0.2) is 4.98 Å². The van der Waals surface area contributed by atoms with Crippen molar-refractivity contribution in [3.63, 3.8) is 0 Å². The summed E-state index contributed by atoms with van der Waals surface area (Å²) in [7, 11) is 1.56. The summed E-state index contributed by atoms with van der Waals surface area (Å²) in [5.41, 5.74) is 0. The van der Waals surface area contributed by atoms with Gasteiger partial charge in [0.1, 0.15) is 11.0 Å². The van der Waals surface area contributed by atoms with Gasteiger partial charge in [0.15, 0.2) is 0 Å². The van der Waals surface area contributed by atoms with E-state index in [0.717, 1.165) is 0 Å². The molecule has 1 heterocycles.